The van der Waals surface area contributed by atoms with Gasteiger partial charge in [-0.05, 0) is 24.3 Å². The van der Waals surface area contributed by atoms with Crippen LogP contribution in [0, 0.1) is 20.2 Å². The largest absolute Gasteiger partial charge is 0.378 e. The number of morpholine rings is 1. The summed E-state index contributed by atoms with van der Waals surface area (Å²) in [7, 11) is -3.69. The fourth-order valence-electron chi connectivity index (χ4n) is 3.75. The molecule has 1 aliphatic heterocycles. The van der Waals surface area contributed by atoms with E-state index in [1.807, 2.05) is 0 Å². The van der Waals surface area contributed by atoms with E-state index in [0.717, 1.165) is 12.1 Å². The molecule has 2 aromatic carbocycles. The van der Waals surface area contributed by atoms with Crippen molar-refractivity contribution in [2.75, 3.05) is 49.6 Å². The van der Waals surface area contributed by atoms with Crippen molar-refractivity contribution in [3.8, 4) is 0 Å². The number of rotatable bonds is 9. The highest BCUT2D eigenvalue weighted by atomic mass is 32.2. The zero-order valence-corrected chi connectivity index (χ0v) is 20.0. The Bertz CT molecular complexity index is 1190. The molecule has 0 radical (unpaired) electrons. The summed E-state index contributed by atoms with van der Waals surface area (Å²) in [5, 5.41) is 26.0. The van der Waals surface area contributed by atoms with Crippen LogP contribution in [0.25, 0.3) is 0 Å². The molecule has 188 valence electrons. The Kier molecular flexibility index (Phi) is 7.99. The Morgan fingerprint density at radius 3 is 2.00 bits per heavy atom. The lowest BCUT2D eigenvalue weighted by atomic mass is 10.1. The first-order valence-corrected chi connectivity index (χ1v) is 12.2. The zero-order chi connectivity index (χ0) is 25.8. The predicted octanol–water partition coefficient (Wildman–Crippen LogP) is 2.62. The number of nitrogens with one attached hydrogen (secondary N) is 1. The van der Waals surface area contributed by atoms with Crippen LogP contribution >= 0.6 is 0 Å². The van der Waals surface area contributed by atoms with Gasteiger partial charge < -0.3 is 15.0 Å². The molecule has 2 aromatic rings. The molecule has 0 unspecified atom stereocenters. The molecule has 0 spiro atoms. The van der Waals surface area contributed by atoms with Gasteiger partial charge in [0.15, 0.2) is 5.69 Å². The van der Waals surface area contributed by atoms with E-state index in [1.54, 1.807) is 13.8 Å². The van der Waals surface area contributed by atoms with Crippen molar-refractivity contribution in [1.29, 1.82) is 0 Å². The Morgan fingerprint density at radius 1 is 1.03 bits per heavy atom. The van der Waals surface area contributed by atoms with Crippen molar-refractivity contribution in [2.45, 2.75) is 18.7 Å². The van der Waals surface area contributed by atoms with Crippen LogP contribution in [0.2, 0.25) is 0 Å². The molecule has 0 bridgehead atoms. The summed E-state index contributed by atoms with van der Waals surface area (Å²) < 4.78 is 31.7. The van der Waals surface area contributed by atoms with Crippen molar-refractivity contribution in [1.82, 2.24) is 4.31 Å². The molecule has 0 aliphatic carbocycles. The molecule has 0 atom stereocenters. The number of hydrogen-bond donors (Lipinski definition) is 1. The number of nitrogens with zero attached hydrogens (tertiary/aromatic N) is 4. The van der Waals surface area contributed by atoms with E-state index in [4.69, 9.17) is 4.74 Å². The number of ether oxygens (including phenoxy) is 1. The average molecular weight is 508 g/mol. The molecule has 1 heterocycles. The van der Waals surface area contributed by atoms with Crippen LogP contribution in [-0.2, 0) is 14.8 Å². The molecule has 35 heavy (non-hydrogen) atoms. The Labute approximate surface area is 201 Å². The summed E-state index contributed by atoms with van der Waals surface area (Å²) in [6.45, 7) is 5.03. The number of benzene rings is 2. The Balaban J connectivity index is 1.92. The molecule has 0 aromatic heterocycles. The third-order valence-corrected chi connectivity index (χ3v) is 7.57. The lowest BCUT2D eigenvalue weighted by Gasteiger charge is -2.28. The van der Waals surface area contributed by atoms with Gasteiger partial charge in [0.25, 0.3) is 17.3 Å². The van der Waals surface area contributed by atoms with Crippen LogP contribution in [0.4, 0.5) is 22.7 Å². The van der Waals surface area contributed by atoms with Crippen LogP contribution in [0.5, 0.6) is 0 Å². The summed E-state index contributed by atoms with van der Waals surface area (Å²) >= 11 is 0. The molecule has 14 heteroatoms. The third-order valence-electron chi connectivity index (χ3n) is 5.51. The van der Waals surface area contributed by atoms with Gasteiger partial charge >= 0.3 is 0 Å². The smallest absolute Gasteiger partial charge is 0.300 e. The van der Waals surface area contributed by atoms with Gasteiger partial charge in [-0.2, -0.15) is 4.31 Å². The maximum Gasteiger partial charge on any atom is 0.300 e. The molecular formula is C21H25N5O8S. The monoisotopic (exact) mass is 507 g/mol. The van der Waals surface area contributed by atoms with Crippen molar-refractivity contribution in [3.63, 3.8) is 0 Å². The van der Waals surface area contributed by atoms with E-state index < -0.39 is 37.2 Å². The highest BCUT2D eigenvalue weighted by Crippen LogP contribution is 2.39. The van der Waals surface area contributed by atoms with E-state index in [0.29, 0.717) is 13.1 Å². The van der Waals surface area contributed by atoms with Crippen LogP contribution in [0.15, 0.2) is 41.3 Å². The number of nitro groups is 2. The molecular weight excluding hydrogens is 482 g/mol. The second-order valence-electron chi connectivity index (χ2n) is 7.54. The van der Waals surface area contributed by atoms with E-state index in [-0.39, 0.29) is 48.1 Å². The van der Waals surface area contributed by atoms with E-state index >= 15 is 0 Å². The molecule has 1 aliphatic rings. The normalized spacial score (nSPS) is 14.1. The van der Waals surface area contributed by atoms with E-state index in [9.17, 15) is 33.4 Å². The number of carbonyl (C=O) groups excluding carboxylic acids is 1. The first-order chi connectivity index (χ1) is 16.6. The topological polar surface area (TPSA) is 165 Å². The maximum atomic E-state index is 12.8. The highest BCUT2D eigenvalue weighted by Gasteiger charge is 2.33. The van der Waals surface area contributed by atoms with Gasteiger partial charge in [0, 0.05) is 44.0 Å². The van der Waals surface area contributed by atoms with Gasteiger partial charge in [0.2, 0.25) is 10.0 Å². The van der Waals surface area contributed by atoms with E-state index in [2.05, 4.69) is 5.32 Å². The molecule has 1 amide bonds. The minimum absolute atomic E-state index is 0.0420. The molecule has 0 saturated carbocycles. The highest BCUT2D eigenvalue weighted by molar-refractivity contribution is 7.89. The minimum Gasteiger partial charge on any atom is -0.378 e. The van der Waals surface area contributed by atoms with Crippen LogP contribution in [0.1, 0.15) is 24.2 Å². The van der Waals surface area contributed by atoms with Crippen LogP contribution in [-0.4, -0.2) is 67.9 Å². The van der Waals surface area contributed by atoms with Crippen molar-refractivity contribution in [3.05, 3.63) is 62.2 Å². The first-order valence-electron chi connectivity index (χ1n) is 10.8. The predicted molar refractivity (Wildman–Crippen MR) is 127 cm³/mol. The third kappa shape index (κ3) is 5.55. The van der Waals surface area contributed by atoms with Crippen LogP contribution in [0.3, 0.4) is 0 Å². The lowest BCUT2D eigenvalue weighted by molar-refractivity contribution is -0.392. The summed E-state index contributed by atoms with van der Waals surface area (Å²) in [5.41, 5.74) is -1.36. The number of nitro benzene ring substituents is 2. The molecule has 13 nitrogen and oxygen atoms in total. The lowest BCUT2D eigenvalue weighted by Crippen LogP contribution is -2.37. The van der Waals surface area contributed by atoms with E-state index in [1.165, 1.54) is 33.5 Å². The quantitative estimate of drug-likeness (QED) is 0.396. The fraction of sp³-hybridized carbons (Fsp3) is 0.381. The number of sulfonamides is 1. The van der Waals surface area contributed by atoms with Gasteiger partial charge in [-0.3, -0.25) is 25.0 Å². The van der Waals surface area contributed by atoms with Gasteiger partial charge in [0.1, 0.15) is 0 Å². The van der Waals surface area contributed by atoms with Crippen LogP contribution < -0.4 is 10.2 Å². The number of hydrogen-bond acceptors (Lipinski definition) is 9. The van der Waals surface area contributed by atoms with Gasteiger partial charge in [0.05, 0.1) is 33.5 Å². The maximum absolute atomic E-state index is 12.8. The Hall–Kier alpha value is -3.62. The summed E-state index contributed by atoms with van der Waals surface area (Å²) in [5.74, 6) is -0.816. The molecule has 1 fully saturated rings. The summed E-state index contributed by atoms with van der Waals surface area (Å²) in [4.78, 5) is 36.3. The standard InChI is InChI=1S/C21H25N5O8S/c1-3-24(4-2)35(32,33)17-7-5-16(6-8-17)22-21(27)15-13-18(25(28)29)20(19(14-15)26(30)31)23-9-11-34-12-10-23/h5-8,13-14H,3-4,9-12H2,1-2H3,(H,22,27). The summed E-state index contributed by atoms with van der Waals surface area (Å²) in [6, 6.07) is 7.39. The molecule has 1 saturated heterocycles. The average Bonchev–Trinajstić information content (AvgIpc) is 2.84. The number of carbonyl (C=O) groups is 1. The van der Waals surface area contributed by atoms with Gasteiger partial charge in [-0.25, -0.2) is 8.42 Å². The van der Waals surface area contributed by atoms with Crippen molar-refractivity contribution >= 4 is 38.7 Å². The van der Waals surface area contributed by atoms with Gasteiger partial charge in [-0.15, -0.1) is 0 Å². The minimum atomic E-state index is -3.69. The summed E-state index contributed by atoms with van der Waals surface area (Å²) in [6.07, 6.45) is 0. The zero-order valence-electron chi connectivity index (χ0n) is 19.2. The molecule has 3 rings (SSSR count). The first kappa shape index (κ1) is 26.0. The molecule has 1 N–H and O–H groups in total. The second-order valence-corrected chi connectivity index (χ2v) is 9.48. The fourth-order valence-corrected chi connectivity index (χ4v) is 5.21. The SMILES string of the molecule is CCN(CC)S(=O)(=O)c1ccc(NC(=O)c2cc([N+](=O)[O-])c(N3CCOCC3)c([N+](=O)[O-])c2)cc1. The van der Waals surface area contributed by atoms with Gasteiger partial charge in [-0.1, -0.05) is 13.8 Å². The second kappa shape index (κ2) is 10.8. The Morgan fingerprint density at radius 2 is 1.54 bits per heavy atom. The number of amides is 1. The number of anilines is 2. The van der Waals surface area contributed by atoms with Crippen molar-refractivity contribution < 1.29 is 27.8 Å². The van der Waals surface area contributed by atoms with Crippen molar-refractivity contribution in [2.24, 2.45) is 0 Å².